The molecule has 2 rings (SSSR count). The second kappa shape index (κ2) is 3.49. The summed E-state index contributed by atoms with van der Waals surface area (Å²) < 4.78 is 25.7. The number of benzene rings is 1. The Balaban J connectivity index is 2.39. The summed E-state index contributed by atoms with van der Waals surface area (Å²) in [6.07, 6.45) is 1.86. The predicted molar refractivity (Wildman–Crippen MR) is 50.0 cm³/mol. The molecule has 0 aromatic heterocycles. The normalized spacial score (nSPS) is 15.1. The second-order valence-corrected chi connectivity index (χ2v) is 3.54. The Kier molecular flexibility index (Phi) is 2.30. The van der Waals surface area contributed by atoms with Gasteiger partial charge in [0.05, 0.1) is 11.3 Å². The van der Waals surface area contributed by atoms with Crippen LogP contribution in [-0.4, -0.2) is 17.1 Å². The van der Waals surface area contributed by atoms with Gasteiger partial charge in [-0.2, -0.15) is 0 Å². The van der Waals surface area contributed by atoms with Gasteiger partial charge in [-0.25, -0.2) is 13.6 Å². The van der Waals surface area contributed by atoms with E-state index >= 15 is 0 Å². The van der Waals surface area contributed by atoms with Gasteiger partial charge in [0.15, 0.2) is 11.6 Å². The van der Waals surface area contributed by atoms with E-state index < -0.39 is 17.6 Å². The molecule has 1 saturated carbocycles. The minimum atomic E-state index is -1.27. The van der Waals surface area contributed by atoms with Crippen LogP contribution in [0.2, 0.25) is 0 Å². The first-order valence-corrected chi connectivity index (χ1v) is 4.57. The Bertz CT molecular complexity index is 416. The number of hydrogen-bond donors (Lipinski definition) is 2. The lowest BCUT2D eigenvalue weighted by Crippen LogP contribution is -2.09. The van der Waals surface area contributed by atoms with Gasteiger partial charge >= 0.3 is 5.97 Å². The van der Waals surface area contributed by atoms with Crippen molar-refractivity contribution in [2.45, 2.75) is 18.9 Å². The van der Waals surface area contributed by atoms with Crippen molar-refractivity contribution in [1.29, 1.82) is 0 Å². The highest BCUT2D eigenvalue weighted by atomic mass is 19.2. The third kappa shape index (κ3) is 2.06. The van der Waals surface area contributed by atoms with E-state index in [1.54, 1.807) is 0 Å². The second-order valence-electron chi connectivity index (χ2n) is 3.54. The lowest BCUT2D eigenvalue weighted by Gasteiger charge is -2.08. The molecule has 5 heteroatoms. The van der Waals surface area contributed by atoms with Gasteiger partial charge in [-0.05, 0) is 18.9 Å². The van der Waals surface area contributed by atoms with E-state index in [4.69, 9.17) is 5.11 Å². The van der Waals surface area contributed by atoms with Gasteiger partial charge < -0.3 is 10.4 Å². The maximum absolute atomic E-state index is 12.9. The Morgan fingerprint density at radius 2 is 1.93 bits per heavy atom. The fourth-order valence-corrected chi connectivity index (χ4v) is 1.29. The van der Waals surface area contributed by atoms with E-state index in [2.05, 4.69) is 5.32 Å². The highest BCUT2D eigenvalue weighted by Crippen LogP contribution is 2.28. The SMILES string of the molecule is O=C(O)c1cc(F)c(F)cc1NC1CC1. The summed E-state index contributed by atoms with van der Waals surface area (Å²) in [5.74, 6) is -3.45. The van der Waals surface area contributed by atoms with E-state index in [-0.39, 0.29) is 17.3 Å². The fourth-order valence-electron chi connectivity index (χ4n) is 1.29. The predicted octanol–water partition coefficient (Wildman–Crippen LogP) is 2.24. The largest absolute Gasteiger partial charge is 0.478 e. The minimum Gasteiger partial charge on any atom is -0.478 e. The van der Waals surface area contributed by atoms with E-state index in [1.807, 2.05) is 0 Å². The molecule has 0 atom stereocenters. The third-order valence-corrected chi connectivity index (χ3v) is 2.23. The molecule has 80 valence electrons. The van der Waals surface area contributed by atoms with Crippen LogP contribution < -0.4 is 5.32 Å². The molecule has 0 saturated heterocycles. The van der Waals surface area contributed by atoms with Gasteiger partial charge in [0.2, 0.25) is 0 Å². The van der Waals surface area contributed by atoms with Gasteiger partial charge in [0.25, 0.3) is 0 Å². The molecule has 1 aliphatic rings. The van der Waals surface area contributed by atoms with E-state index in [0.717, 1.165) is 18.9 Å². The Labute approximate surface area is 84.7 Å². The molecule has 15 heavy (non-hydrogen) atoms. The Morgan fingerprint density at radius 1 is 1.33 bits per heavy atom. The molecule has 0 radical (unpaired) electrons. The number of carboxylic acid groups (broad SMARTS) is 1. The van der Waals surface area contributed by atoms with Crippen molar-refractivity contribution < 1.29 is 18.7 Å². The first-order valence-electron chi connectivity index (χ1n) is 4.57. The summed E-state index contributed by atoms with van der Waals surface area (Å²) in [6.45, 7) is 0. The zero-order chi connectivity index (χ0) is 11.0. The molecule has 1 aliphatic carbocycles. The molecule has 0 unspecified atom stereocenters. The van der Waals surface area contributed by atoms with Crippen LogP contribution in [0.3, 0.4) is 0 Å². The van der Waals surface area contributed by atoms with Crippen LogP contribution >= 0.6 is 0 Å². The number of halogens is 2. The number of rotatable bonds is 3. The zero-order valence-corrected chi connectivity index (χ0v) is 7.76. The quantitative estimate of drug-likeness (QED) is 0.809. The van der Waals surface area contributed by atoms with Crippen LogP contribution in [0.25, 0.3) is 0 Å². The van der Waals surface area contributed by atoms with Crippen molar-refractivity contribution in [3.05, 3.63) is 29.3 Å². The van der Waals surface area contributed by atoms with E-state index in [9.17, 15) is 13.6 Å². The summed E-state index contributed by atoms with van der Waals surface area (Å²) in [5.41, 5.74) is -0.0929. The summed E-state index contributed by atoms with van der Waals surface area (Å²) in [5, 5.41) is 11.6. The lowest BCUT2D eigenvalue weighted by atomic mass is 10.1. The molecule has 0 spiro atoms. The maximum atomic E-state index is 12.9. The summed E-state index contributed by atoms with van der Waals surface area (Å²) in [7, 11) is 0. The minimum absolute atomic E-state index is 0.143. The van der Waals surface area contributed by atoms with Crippen molar-refractivity contribution in [2.24, 2.45) is 0 Å². The summed E-state index contributed by atoms with van der Waals surface area (Å²) in [6, 6.07) is 1.77. The monoisotopic (exact) mass is 213 g/mol. The topological polar surface area (TPSA) is 49.3 Å². The summed E-state index contributed by atoms with van der Waals surface area (Å²) in [4.78, 5) is 10.8. The number of anilines is 1. The highest BCUT2D eigenvalue weighted by Gasteiger charge is 2.24. The first kappa shape index (κ1) is 9.89. The van der Waals surface area contributed by atoms with Crippen LogP contribution in [0.15, 0.2) is 12.1 Å². The molecule has 0 heterocycles. The molecule has 0 aliphatic heterocycles. The number of nitrogens with one attached hydrogen (secondary N) is 1. The average Bonchev–Trinajstić information content (AvgIpc) is 2.94. The molecule has 2 N–H and O–H groups in total. The Morgan fingerprint density at radius 3 is 2.47 bits per heavy atom. The van der Waals surface area contributed by atoms with E-state index in [0.29, 0.717) is 6.07 Å². The van der Waals surface area contributed by atoms with Gasteiger partial charge in [-0.15, -0.1) is 0 Å². The molecule has 1 aromatic carbocycles. The molecule has 1 fully saturated rings. The van der Waals surface area contributed by atoms with Crippen molar-refractivity contribution in [1.82, 2.24) is 0 Å². The van der Waals surface area contributed by atoms with Crippen LogP contribution in [-0.2, 0) is 0 Å². The van der Waals surface area contributed by atoms with Crippen LogP contribution in [0, 0.1) is 11.6 Å². The maximum Gasteiger partial charge on any atom is 0.337 e. The number of hydrogen-bond acceptors (Lipinski definition) is 2. The smallest absolute Gasteiger partial charge is 0.337 e. The van der Waals surface area contributed by atoms with E-state index in [1.165, 1.54) is 0 Å². The number of aromatic carboxylic acids is 1. The number of carboxylic acids is 1. The van der Waals surface area contributed by atoms with Gasteiger partial charge in [0, 0.05) is 12.1 Å². The third-order valence-electron chi connectivity index (χ3n) is 2.23. The average molecular weight is 213 g/mol. The summed E-state index contributed by atoms with van der Waals surface area (Å²) >= 11 is 0. The van der Waals surface area contributed by atoms with Gasteiger partial charge in [-0.1, -0.05) is 0 Å². The number of carbonyl (C=O) groups is 1. The molecule has 1 aromatic rings. The molecule has 3 nitrogen and oxygen atoms in total. The molecular weight excluding hydrogens is 204 g/mol. The van der Waals surface area contributed by atoms with Crippen molar-refractivity contribution >= 4 is 11.7 Å². The molecule has 0 bridgehead atoms. The van der Waals surface area contributed by atoms with Gasteiger partial charge in [0.1, 0.15) is 0 Å². The van der Waals surface area contributed by atoms with Crippen molar-refractivity contribution in [2.75, 3.05) is 5.32 Å². The fraction of sp³-hybridized carbons (Fsp3) is 0.300. The lowest BCUT2D eigenvalue weighted by molar-refractivity contribution is 0.0697. The van der Waals surface area contributed by atoms with Crippen molar-refractivity contribution in [3.8, 4) is 0 Å². The van der Waals surface area contributed by atoms with Crippen molar-refractivity contribution in [3.63, 3.8) is 0 Å². The molecular formula is C10H9F2NO2. The van der Waals surface area contributed by atoms with Crippen LogP contribution in [0.5, 0.6) is 0 Å². The highest BCUT2D eigenvalue weighted by molar-refractivity contribution is 5.94. The van der Waals surface area contributed by atoms with Crippen LogP contribution in [0.4, 0.5) is 14.5 Å². The standard InChI is InChI=1S/C10H9F2NO2/c11-7-3-6(10(14)15)9(4-8(7)12)13-5-1-2-5/h3-5,13H,1-2H2,(H,14,15). The molecule has 0 amide bonds. The van der Waals surface area contributed by atoms with Crippen LogP contribution in [0.1, 0.15) is 23.2 Å². The Hall–Kier alpha value is -1.65. The first-order chi connectivity index (χ1) is 7.08. The zero-order valence-electron chi connectivity index (χ0n) is 7.76. The van der Waals surface area contributed by atoms with Gasteiger partial charge in [-0.3, -0.25) is 0 Å².